The second-order valence-electron chi connectivity index (χ2n) is 5.13. The van der Waals surface area contributed by atoms with Gasteiger partial charge < -0.3 is 10.1 Å². The predicted molar refractivity (Wildman–Crippen MR) is 76.5 cm³/mol. The van der Waals surface area contributed by atoms with Crippen LogP contribution in [0.2, 0.25) is 5.02 Å². The number of hydrogen-bond acceptors (Lipinski definition) is 2. The van der Waals surface area contributed by atoms with Crippen LogP contribution in [0.1, 0.15) is 31.7 Å². The molecule has 0 radical (unpaired) electrons. The quantitative estimate of drug-likeness (QED) is 0.876. The molecule has 0 aromatic heterocycles. The maximum Gasteiger partial charge on any atom is 0.138 e. The van der Waals surface area contributed by atoms with E-state index in [1.807, 2.05) is 19.1 Å². The fourth-order valence-electron chi connectivity index (χ4n) is 2.53. The Hall–Kier alpha value is -0.730. The Balaban J connectivity index is 2.07. The third-order valence-corrected chi connectivity index (χ3v) is 3.86. The highest BCUT2D eigenvalue weighted by atomic mass is 35.5. The number of rotatable bonds is 5. The van der Waals surface area contributed by atoms with Crippen LogP contribution in [0.5, 0.6) is 5.75 Å². The summed E-state index contributed by atoms with van der Waals surface area (Å²) in [7, 11) is 0. The van der Waals surface area contributed by atoms with E-state index in [4.69, 9.17) is 16.3 Å². The minimum Gasteiger partial charge on any atom is -0.489 e. The van der Waals surface area contributed by atoms with Crippen molar-refractivity contribution >= 4 is 11.6 Å². The number of ether oxygens (including phenoxy) is 1. The van der Waals surface area contributed by atoms with Gasteiger partial charge in [0, 0.05) is 12.5 Å². The van der Waals surface area contributed by atoms with E-state index in [2.05, 4.69) is 18.3 Å². The Morgan fingerprint density at radius 2 is 2.33 bits per heavy atom. The zero-order valence-corrected chi connectivity index (χ0v) is 12.0. The lowest BCUT2D eigenvalue weighted by molar-refractivity contribution is 0.132. The molecule has 2 rings (SSSR count). The van der Waals surface area contributed by atoms with E-state index in [1.165, 1.54) is 12.0 Å². The lowest BCUT2D eigenvalue weighted by atomic mass is 9.97. The molecule has 0 bridgehead atoms. The Bertz CT molecular complexity index is 388. The number of benzene rings is 1. The first-order chi connectivity index (χ1) is 8.70. The number of hydrogen-bond donors (Lipinski definition) is 1. The van der Waals surface area contributed by atoms with Crippen molar-refractivity contribution in [3.05, 3.63) is 28.8 Å². The molecule has 1 aliphatic rings. The largest absolute Gasteiger partial charge is 0.489 e. The molecule has 3 heteroatoms. The van der Waals surface area contributed by atoms with Crippen molar-refractivity contribution in [2.45, 2.75) is 39.2 Å². The number of nitrogens with one attached hydrogen (secondary N) is 1. The first-order valence-electron chi connectivity index (χ1n) is 6.84. The molecule has 0 spiro atoms. The van der Waals surface area contributed by atoms with Crippen molar-refractivity contribution in [3.8, 4) is 5.75 Å². The van der Waals surface area contributed by atoms with E-state index in [9.17, 15) is 0 Å². The highest BCUT2D eigenvalue weighted by Crippen LogP contribution is 2.29. The van der Waals surface area contributed by atoms with E-state index < -0.39 is 0 Å². The smallest absolute Gasteiger partial charge is 0.138 e. The first kappa shape index (κ1) is 13.7. The normalized spacial score (nSPS) is 20.9. The van der Waals surface area contributed by atoms with Crippen molar-refractivity contribution < 1.29 is 4.74 Å². The molecular formula is C15H22ClNO. The Morgan fingerprint density at radius 3 is 2.94 bits per heavy atom. The molecule has 100 valence electrons. The molecule has 2 atom stereocenters. The summed E-state index contributed by atoms with van der Waals surface area (Å²) in [5, 5.41) is 4.13. The monoisotopic (exact) mass is 267 g/mol. The van der Waals surface area contributed by atoms with E-state index in [0.717, 1.165) is 36.7 Å². The highest BCUT2D eigenvalue weighted by Gasteiger charge is 2.26. The van der Waals surface area contributed by atoms with Crippen molar-refractivity contribution in [1.82, 2.24) is 5.32 Å². The second-order valence-corrected chi connectivity index (χ2v) is 5.54. The Labute approximate surface area is 115 Å². The van der Waals surface area contributed by atoms with Crippen LogP contribution in [-0.2, 0) is 0 Å². The minimum absolute atomic E-state index is 0.283. The van der Waals surface area contributed by atoms with Crippen molar-refractivity contribution in [3.63, 3.8) is 0 Å². The maximum atomic E-state index is 6.24. The lowest BCUT2D eigenvalue weighted by Crippen LogP contribution is -2.28. The van der Waals surface area contributed by atoms with Crippen molar-refractivity contribution in [2.24, 2.45) is 5.92 Å². The Morgan fingerprint density at radius 1 is 1.50 bits per heavy atom. The van der Waals surface area contributed by atoms with Gasteiger partial charge in [-0.3, -0.25) is 0 Å². The summed E-state index contributed by atoms with van der Waals surface area (Å²) >= 11 is 6.24. The fourth-order valence-corrected chi connectivity index (χ4v) is 2.81. The van der Waals surface area contributed by atoms with Gasteiger partial charge in [0.05, 0.1) is 5.02 Å². The molecule has 0 amide bonds. The van der Waals surface area contributed by atoms with Crippen LogP contribution in [0.15, 0.2) is 18.2 Å². The zero-order chi connectivity index (χ0) is 13.0. The molecule has 0 unspecified atom stereocenters. The van der Waals surface area contributed by atoms with Crippen LogP contribution in [0, 0.1) is 12.8 Å². The maximum absolute atomic E-state index is 6.24. The van der Waals surface area contributed by atoms with Gasteiger partial charge in [0.1, 0.15) is 11.9 Å². The molecule has 0 saturated carbocycles. The van der Waals surface area contributed by atoms with E-state index >= 15 is 0 Å². The molecule has 1 aromatic carbocycles. The predicted octanol–water partition coefficient (Wildman–Crippen LogP) is 3.81. The number of halogens is 1. The van der Waals surface area contributed by atoms with E-state index in [-0.39, 0.29) is 6.10 Å². The first-order valence-corrected chi connectivity index (χ1v) is 7.22. The average Bonchev–Trinajstić information content (AvgIpc) is 2.85. The molecule has 0 aliphatic carbocycles. The van der Waals surface area contributed by atoms with Gasteiger partial charge >= 0.3 is 0 Å². The van der Waals surface area contributed by atoms with Gasteiger partial charge in [0.25, 0.3) is 0 Å². The van der Waals surface area contributed by atoms with Crippen molar-refractivity contribution in [2.75, 3.05) is 13.1 Å². The molecule has 1 saturated heterocycles. The second kappa shape index (κ2) is 6.44. The van der Waals surface area contributed by atoms with Crippen molar-refractivity contribution in [1.29, 1.82) is 0 Å². The topological polar surface area (TPSA) is 21.3 Å². The fraction of sp³-hybridized carbons (Fsp3) is 0.600. The molecule has 1 heterocycles. The van der Waals surface area contributed by atoms with Crippen LogP contribution < -0.4 is 10.1 Å². The number of aryl methyl sites for hydroxylation is 1. The molecule has 1 fully saturated rings. The highest BCUT2D eigenvalue weighted by molar-refractivity contribution is 6.32. The summed E-state index contributed by atoms with van der Waals surface area (Å²) in [6.45, 7) is 6.42. The molecule has 18 heavy (non-hydrogen) atoms. The summed E-state index contributed by atoms with van der Waals surface area (Å²) in [6.07, 6.45) is 3.72. The van der Waals surface area contributed by atoms with Crippen LogP contribution in [0.4, 0.5) is 0 Å². The van der Waals surface area contributed by atoms with Gasteiger partial charge in [0.15, 0.2) is 0 Å². The van der Waals surface area contributed by atoms with Gasteiger partial charge in [-0.05, 0) is 44.0 Å². The van der Waals surface area contributed by atoms with E-state index in [1.54, 1.807) is 0 Å². The average molecular weight is 268 g/mol. The van der Waals surface area contributed by atoms with E-state index in [0.29, 0.717) is 5.92 Å². The molecule has 1 aromatic rings. The summed E-state index contributed by atoms with van der Waals surface area (Å²) in [4.78, 5) is 0. The zero-order valence-electron chi connectivity index (χ0n) is 11.2. The van der Waals surface area contributed by atoms with Crippen LogP contribution in [0.25, 0.3) is 0 Å². The third-order valence-electron chi connectivity index (χ3n) is 3.56. The molecule has 1 aliphatic heterocycles. The van der Waals surface area contributed by atoms with Crippen LogP contribution in [0.3, 0.4) is 0 Å². The van der Waals surface area contributed by atoms with Gasteiger partial charge in [-0.15, -0.1) is 0 Å². The van der Waals surface area contributed by atoms with Crippen LogP contribution in [-0.4, -0.2) is 19.2 Å². The third kappa shape index (κ3) is 3.39. The Kier molecular flexibility index (Phi) is 4.90. The van der Waals surface area contributed by atoms with Gasteiger partial charge in [-0.25, -0.2) is 0 Å². The lowest BCUT2D eigenvalue weighted by Gasteiger charge is -2.24. The van der Waals surface area contributed by atoms with Gasteiger partial charge in [0.2, 0.25) is 0 Å². The minimum atomic E-state index is 0.283. The van der Waals surface area contributed by atoms with Gasteiger partial charge in [-0.1, -0.05) is 31.0 Å². The summed E-state index contributed by atoms with van der Waals surface area (Å²) in [5.74, 6) is 1.44. The van der Waals surface area contributed by atoms with Crippen LogP contribution >= 0.6 is 11.6 Å². The summed E-state index contributed by atoms with van der Waals surface area (Å²) in [5.41, 5.74) is 1.17. The molecule has 1 N–H and O–H groups in total. The SMILES string of the molecule is CCC[C@H](Oc1ccc(C)cc1Cl)[C@@H]1CCNC1. The summed E-state index contributed by atoms with van der Waals surface area (Å²) in [6, 6.07) is 6.01. The van der Waals surface area contributed by atoms with Gasteiger partial charge in [-0.2, -0.15) is 0 Å². The standard InChI is InChI=1S/C15H22ClNO/c1-3-4-14(12-7-8-17-10-12)18-15-6-5-11(2)9-13(15)16/h5-6,9,12,14,17H,3-4,7-8,10H2,1-2H3/t12-,14+/m1/s1. The molecule has 2 nitrogen and oxygen atoms in total. The molecular weight excluding hydrogens is 246 g/mol. The summed E-state index contributed by atoms with van der Waals surface area (Å²) < 4.78 is 6.15.